The van der Waals surface area contributed by atoms with E-state index in [0.717, 1.165) is 12.8 Å². The number of halogens is 2. The second-order valence-corrected chi connectivity index (χ2v) is 7.75. The van der Waals surface area contributed by atoms with Crippen molar-refractivity contribution in [1.82, 2.24) is 9.71 Å². The van der Waals surface area contributed by atoms with Crippen LogP contribution >= 0.6 is 27.5 Å². The number of nitrogens with zero attached hydrogens (tertiary/aromatic N) is 1. The van der Waals surface area contributed by atoms with Crippen LogP contribution in [0.3, 0.4) is 0 Å². The van der Waals surface area contributed by atoms with Crippen molar-refractivity contribution >= 4 is 37.6 Å². The van der Waals surface area contributed by atoms with Gasteiger partial charge in [-0.2, -0.15) is 0 Å². The van der Waals surface area contributed by atoms with E-state index in [2.05, 4.69) is 25.6 Å². The molecule has 0 spiro atoms. The van der Waals surface area contributed by atoms with E-state index in [9.17, 15) is 8.42 Å². The van der Waals surface area contributed by atoms with E-state index in [-0.39, 0.29) is 22.1 Å². The van der Waals surface area contributed by atoms with Gasteiger partial charge in [-0.25, -0.2) is 18.1 Å². The summed E-state index contributed by atoms with van der Waals surface area (Å²) in [7, 11) is -3.68. The molecule has 0 bridgehead atoms. The summed E-state index contributed by atoms with van der Waals surface area (Å²) in [6.45, 7) is 0.389. The van der Waals surface area contributed by atoms with Gasteiger partial charge in [0.05, 0.1) is 0 Å². The van der Waals surface area contributed by atoms with E-state index in [1.807, 2.05) is 0 Å². The van der Waals surface area contributed by atoms with Crippen LogP contribution in [0.1, 0.15) is 19.3 Å². The number of aromatic nitrogens is 1. The minimum atomic E-state index is -3.68. The molecular formula is C11H14BrClN2O3S. The van der Waals surface area contributed by atoms with Crippen molar-refractivity contribution in [2.45, 2.75) is 24.2 Å². The summed E-state index contributed by atoms with van der Waals surface area (Å²) >= 11 is 8.99. The Hall–Kier alpha value is -0.210. The fraction of sp³-hybridized carbons (Fsp3) is 0.545. The zero-order valence-electron chi connectivity index (χ0n) is 10.1. The molecule has 2 N–H and O–H groups in total. The SMILES string of the molecule is O=S(=O)(NCC1(CCO)CC1)c1cc(Br)cnc1Cl. The molecule has 0 amide bonds. The molecular weight excluding hydrogens is 356 g/mol. The van der Waals surface area contributed by atoms with Crippen molar-refractivity contribution in [2.24, 2.45) is 5.41 Å². The van der Waals surface area contributed by atoms with Crippen LogP contribution in [0.15, 0.2) is 21.6 Å². The zero-order chi connectivity index (χ0) is 14.1. The van der Waals surface area contributed by atoms with Crippen LogP contribution < -0.4 is 4.72 Å². The fourth-order valence-electron chi connectivity index (χ4n) is 1.85. The molecule has 1 fully saturated rings. The van der Waals surface area contributed by atoms with E-state index in [4.69, 9.17) is 16.7 Å². The molecule has 1 saturated carbocycles. The van der Waals surface area contributed by atoms with Crippen molar-refractivity contribution in [3.8, 4) is 0 Å². The molecule has 0 aromatic carbocycles. The summed E-state index contributed by atoms with van der Waals surface area (Å²) < 4.78 is 27.4. The lowest BCUT2D eigenvalue weighted by Crippen LogP contribution is -2.31. The fourth-order valence-corrected chi connectivity index (χ4v) is 3.95. The molecule has 2 rings (SSSR count). The molecule has 1 aromatic heterocycles. The Morgan fingerprint density at radius 2 is 2.21 bits per heavy atom. The quantitative estimate of drug-likeness (QED) is 0.751. The molecule has 19 heavy (non-hydrogen) atoms. The standard InChI is InChI=1S/C11H14BrClN2O3S/c12-8-5-9(10(13)14-6-8)19(17,18)15-7-11(1-2-11)3-4-16/h5-6,15-16H,1-4,7H2. The van der Waals surface area contributed by atoms with Crippen LogP contribution in [-0.2, 0) is 10.0 Å². The second-order valence-electron chi connectivity index (χ2n) is 4.74. The van der Waals surface area contributed by atoms with Gasteiger partial charge in [0, 0.05) is 23.8 Å². The van der Waals surface area contributed by atoms with Gasteiger partial charge in [0.1, 0.15) is 10.0 Å². The summed E-state index contributed by atoms with van der Waals surface area (Å²) in [5.74, 6) is 0. The average molecular weight is 370 g/mol. The average Bonchev–Trinajstić information content (AvgIpc) is 3.11. The van der Waals surface area contributed by atoms with Crippen LogP contribution in [-0.4, -0.2) is 31.7 Å². The smallest absolute Gasteiger partial charge is 0.243 e. The predicted molar refractivity (Wildman–Crippen MR) is 75.5 cm³/mol. The minimum Gasteiger partial charge on any atom is -0.396 e. The Kier molecular flexibility index (Phi) is 4.52. The monoisotopic (exact) mass is 368 g/mol. The lowest BCUT2D eigenvalue weighted by Gasteiger charge is -2.15. The van der Waals surface area contributed by atoms with Crippen molar-refractivity contribution in [2.75, 3.05) is 13.2 Å². The van der Waals surface area contributed by atoms with E-state index >= 15 is 0 Å². The summed E-state index contributed by atoms with van der Waals surface area (Å²) in [6.07, 6.45) is 3.91. The van der Waals surface area contributed by atoms with Gasteiger partial charge >= 0.3 is 0 Å². The van der Waals surface area contributed by atoms with Crippen molar-refractivity contribution in [1.29, 1.82) is 0 Å². The molecule has 5 nitrogen and oxygen atoms in total. The predicted octanol–water partition coefficient (Wildman–Crippen LogP) is 1.94. The highest BCUT2D eigenvalue weighted by atomic mass is 79.9. The molecule has 1 aromatic rings. The molecule has 0 saturated heterocycles. The Morgan fingerprint density at radius 1 is 1.53 bits per heavy atom. The molecule has 0 unspecified atom stereocenters. The van der Waals surface area contributed by atoms with Gasteiger partial charge in [-0.15, -0.1) is 0 Å². The lowest BCUT2D eigenvalue weighted by atomic mass is 10.0. The van der Waals surface area contributed by atoms with Gasteiger partial charge in [0.15, 0.2) is 0 Å². The number of hydrogen-bond donors (Lipinski definition) is 2. The Balaban J connectivity index is 2.12. The van der Waals surface area contributed by atoms with Gasteiger partial charge in [-0.3, -0.25) is 0 Å². The maximum Gasteiger partial charge on any atom is 0.243 e. The second kappa shape index (κ2) is 5.65. The number of sulfonamides is 1. The van der Waals surface area contributed by atoms with Crippen molar-refractivity contribution in [3.63, 3.8) is 0 Å². The highest BCUT2D eigenvalue weighted by Gasteiger charge is 2.42. The van der Waals surface area contributed by atoms with Crippen LogP contribution in [0.4, 0.5) is 0 Å². The number of aliphatic hydroxyl groups excluding tert-OH is 1. The van der Waals surface area contributed by atoms with Crippen molar-refractivity contribution < 1.29 is 13.5 Å². The normalized spacial score (nSPS) is 17.4. The van der Waals surface area contributed by atoms with Gasteiger partial charge in [0.25, 0.3) is 0 Å². The molecule has 1 aliphatic rings. The van der Waals surface area contributed by atoms with Crippen LogP contribution in [0.2, 0.25) is 5.15 Å². The van der Waals surface area contributed by atoms with E-state index in [1.54, 1.807) is 0 Å². The summed E-state index contributed by atoms with van der Waals surface area (Å²) in [5, 5.41) is 8.90. The lowest BCUT2D eigenvalue weighted by molar-refractivity contribution is 0.249. The first-order valence-electron chi connectivity index (χ1n) is 5.80. The third kappa shape index (κ3) is 3.66. The Labute approximate surface area is 125 Å². The summed E-state index contributed by atoms with van der Waals surface area (Å²) in [5.41, 5.74) is -0.0895. The topological polar surface area (TPSA) is 79.3 Å². The Morgan fingerprint density at radius 3 is 2.79 bits per heavy atom. The van der Waals surface area contributed by atoms with Gasteiger partial charge < -0.3 is 5.11 Å². The van der Waals surface area contributed by atoms with Gasteiger partial charge in [-0.1, -0.05) is 11.6 Å². The third-order valence-electron chi connectivity index (χ3n) is 3.30. The number of nitrogens with one attached hydrogen (secondary N) is 1. The van der Waals surface area contributed by atoms with E-state index in [1.165, 1.54) is 12.3 Å². The maximum absolute atomic E-state index is 12.2. The van der Waals surface area contributed by atoms with Crippen LogP contribution in [0.25, 0.3) is 0 Å². The zero-order valence-corrected chi connectivity index (χ0v) is 13.2. The molecule has 1 heterocycles. The summed E-state index contributed by atoms with van der Waals surface area (Å²) in [4.78, 5) is 3.76. The molecule has 106 valence electrons. The van der Waals surface area contributed by atoms with Crippen molar-refractivity contribution in [3.05, 3.63) is 21.9 Å². The highest BCUT2D eigenvalue weighted by molar-refractivity contribution is 9.10. The first kappa shape index (κ1) is 15.2. The minimum absolute atomic E-state index is 0.0386. The Bertz CT molecular complexity index is 575. The number of aliphatic hydroxyl groups is 1. The summed E-state index contributed by atoms with van der Waals surface area (Å²) in [6, 6.07) is 1.42. The van der Waals surface area contributed by atoms with Crippen LogP contribution in [0, 0.1) is 5.41 Å². The molecule has 0 radical (unpaired) electrons. The van der Waals surface area contributed by atoms with E-state index in [0.29, 0.717) is 17.4 Å². The molecule has 1 aliphatic carbocycles. The van der Waals surface area contributed by atoms with E-state index < -0.39 is 10.0 Å². The van der Waals surface area contributed by atoms with Gasteiger partial charge in [0.2, 0.25) is 10.0 Å². The first-order chi connectivity index (χ1) is 8.88. The molecule has 8 heteroatoms. The maximum atomic E-state index is 12.2. The van der Waals surface area contributed by atoms with Crippen LogP contribution in [0.5, 0.6) is 0 Å². The first-order valence-corrected chi connectivity index (χ1v) is 8.46. The molecule has 0 atom stereocenters. The highest BCUT2D eigenvalue weighted by Crippen LogP contribution is 2.48. The number of rotatable bonds is 6. The molecule has 0 aliphatic heterocycles. The number of pyridine rings is 1. The largest absolute Gasteiger partial charge is 0.396 e. The van der Waals surface area contributed by atoms with Gasteiger partial charge in [-0.05, 0) is 46.7 Å². The number of hydrogen-bond acceptors (Lipinski definition) is 4. The third-order valence-corrected chi connectivity index (χ3v) is 5.56.